The highest BCUT2D eigenvalue weighted by Crippen LogP contribution is 2.38. The minimum atomic E-state index is 0.884. The molecule has 11 rings (SSSR count). The highest BCUT2D eigenvalue weighted by molar-refractivity contribution is 6.01. The molecule has 0 unspecified atom stereocenters. The van der Waals surface area contributed by atoms with Crippen LogP contribution in [0.15, 0.2) is 237 Å². The molecule has 0 N–H and O–H groups in total. The van der Waals surface area contributed by atoms with Crippen molar-refractivity contribution in [2.45, 2.75) is 0 Å². The van der Waals surface area contributed by atoms with Crippen LogP contribution < -0.4 is 9.47 Å². The van der Waals surface area contributed by atoms with Gasteiger partial charge in [-0.3, -0.25) is 0 Å². The molecule has 66 heavy (non-hydrogen) atoms. The minimum absolute atomic E-state index is 0.884. The molecular weight excluding hydrogens is 803 g/mol. The second-order valence-electron chi connectivity index (χ2n) is 16.6. The first-order valence-corrected chi connectivity index (χ1v) is 22.3. The van der Waals surface area contributed by atoms with Gasteiger partial charge in [-0.05, 0) is 102 Å². The van der Waals surface area contributed by atoms with E-state index in [9.17, 15) is 0 Å². The molecule has 0 atom stereocenters. The molecule has 0 saturated carbocycles. The molecule has 10 aromatic carbocycles. The van der Waals surface area contributed by atoms with Gasteiger partial charge in [-0.2, -0.15) is 0 Å². The van der Waals surface area contributed by atoms with E-state index in [2.05, 4.69) is 237 Å². The molecule has 1 heterocycles. The van der Waals surface area contributed by atoms with Gasteiger partial charge in [-0.1, -0.05) is 212 Å². The molecule has 1 aromatic heterocycles. The van der Waals surface area contributed by atoms with Crippen molar-refractivity contribution in [3.05, 3.63) is 237 Å². The Hall–Kier alpha value is -8.53. The SMILES string of the molecule is COc1ccc(-c2ccc(-c3ccc(-c4cc(-c5ccc(-c6ccccc6)cc5)cc(-c5ccc(-c6ccc(-c7ccc(OC)c8ccccc78)cc6)cc5)n4)cc3)cc2)c2ccccc12. The molecule has 0 aliphatic rings. The Bertz CT molecular complexity index is 3290. The summed E-state index contributed by atoms with van der Waals surface area (Å²) in [6.07, 6.45) is 0. The van der Waals surface area contributed by atoms with Gasteiger partial charge in [-0.25, -0.2) is 4.98 Å². The molecule has 0 aliphatic carbocycles. The van der Waals surface area contributed by atoms with Crippen molar-refractivity contribution in [3.63, 3.8) is 0 Å². The Balaban J connectivity index is 0.899. The van der Waals surface area contributed by atoms with E-state index in [-0.39, 0.29) is 0 Å². The van der Waals surface area contributed by atoms with E-state index < -0.39 is 0 Å². The van der Waals surface area contributed by atoms with Crippen LogP contribution in [0.25, 0.3) is 111 Å². The van der Waals surface area contributed by atoms with Gasteiger partial charge < -0.3 is 9.47 Å². The first-order valence-electron chi connectivity index (χ1n) is 22.3. The lowest BCUT2D eigenvalue weighted by molar-refractivity contribution is 0.420. The maximum absolute atomic E-state index is 5.65. The molecule has 0 amide bonds. The molecule has 0 radical (unpaired) electrons. The van der Waals surface area contributed by atoms with Crippen molar-refractivity contribution >= 4 is 21.5 Å². The van der Waals surface area contributed by atoms with Crippen molar-refractivity contribution in [1.29, 1.82) is 0 Å². The van der Waals surface area contributed by atoms with Crippen LogP contribution in [-0.2, 0) is 0 Å². The molecular formula is C63H45NO2. The average molecular weight is 848 g/mol. The number of nitrogens with zero attached hydrogens (tertiary/aromatic N) is 1. The summed E-state index contributed by atoms with van der Waals surface area (Å²) in [6.45, 7) is 0. The largest absolute Gasteiger partial charge is 0.496 e. The van der Waals surface area contributed by atoms with E-state index in [4.69, 9.17) is 14.5 Å². The summed E-state index contributed by atoms with van der Waals surface area (Å²) < 4.78 is 11.3. The Morgan fingerprint density at radius 2 is 0.530 bits per heavy atom. The van der Waals surface area contributed by atoms with Gasteiger partial charge in [0.25, 0.3) is 0 Å². The summed E-state index contributed by atoms with van der Waals surface area (Å²) in [7, 11) is 3.45. The topological polar surface area (TPSA) is 31.4 Å². The van der Waals surface area contributed by atoms with E-state index >= 15 is 0 Å². The zero-order valence-corrected chi connectivity index (χ0v) is 36.8. The maximum Gasteiger partial charge on any atom is 0.126 e. The predicted octanol–water partition coefficient (Wildman–Crippen LogP) is 16.7. The van der Waals surface area contributed by atoms with Gasteiger partial charge in [-0.15, -0.1) is 0 Å². The summed E-state index contributed by atoms with van der Waals surface area (Å²) in [5.41, 5.74) is 18.0. The lowest BCUT2D eigenvalue weighted by atomic mass is 9.94. The number of pyridine rings is 1. The molecule has 0 saturated heterocycles. The summed E-state index contributed by atoms with van der Waals surface area (Å²) in [5, 5.41) is 4.58. The Labute approximate surface area is 385 Å². The minimum Gasteiger partial charge on any atom is -0.496 e. The van der Waals surface area contributed by atoms with Crippen LogP contribution in [0.3, 0.4) is 0 Å². The summed E-state index contributed by atoms with van der Waals surface area (Å²) in [4.78, 5) is 5.32. The van der Waals surface area contributed by atoms with Crippen molar-refractivity contribution in [1.82, 2.24) is 4.98 Å². The zero-order valence-electron chi connectivity index (χ0n) is 36.8. The third kappa shape index (κ3) is 7.78. The third-order valence-electron chi connectivity index (χ3n) is 12.8. The molecule has 0 spiro atoms. The number of methoxy groups -OCH3 is 2. The van der Waals surface area contributed by atoms with Crippen LogP contribution in [0.5, 0.6) is 11.5 Å². The monoisotopic (exact) mass is 847 g/mol. The summed E-state index contributed by atoms with van der Waals surface area (Å²) in [6, 6.07) is 84.3. The normalized spacial score (nSPS) is 11.2. The van der Waals surface area contributed by atoms with E-state index in [0.717, 1.165) is 78.2 Å². The van der Waals surface area contributed by atoms with Crippen LogP contribution in [0.4, 0.5) is 0 Å². The Morgan fingerprint density at radius 3 is 0.894 bits per heavy atom. The standard InChI is InChI=1S/C63H45NO2/c1-65-62-38-36-54(56-12-6-8-14-58(56)62)49-28-20-44(21-29-49)46-24-32-51(33-25-46)60-40-53(48-18-16-43(17-19-48)42-10-4-3-5-11-42)41-61(64-60)52-34-26-47(27-35-52)45-22-30-50(31-23-45)55-37-39-63(66-2)59-15-9-7-13-57(55)59/h3-41H,1-2H3. The maximum atomic E-state index is 5.65. The first-order chi connectivity index (χ1) is 32.6. The van der Waals surface area contributed by atoms with E-state index in [1.165, 1.54) is 44.2 Å². The molecule has 0 aliphatic heterocycles. The molecule has 0 bridgehead atoms. The van der Waals surface area contributed by atoms with Gasteiger partial charge in [0.1, 0.15) is 11.5 Å². The number of fused-ring (bicyclic) bond motifs is 2. The molecule has 0 fully saturated rings. The lowest BCUT2D eigenvalue weighted by Crippen LogP contribution is -1.92. The van der Waals surface area contributed by atoms with E-state index in [1.54, 1.807) is 14.2 Å². The van der Waals surface area contributed by atoms with Gasteiger partial charge in [0.2, 0.25) is 0 Å². The van der Waals surface area contributed by atoms with Crippen molar-refractivity contribution < 1.29 is 9.47 Å². The summed E-state index contributed by atoms with van der Waals surface area (Å²) >= 11 is 0. The third-order valence-corrected chi connectivity index (χ3v) is 12.8. The highest BCUT2D eigenvalue weighted by atomic mass is 16.5. The second-order valence-corrected chi connectivity index (χ2v) is 16.6. The summed E-state index contributed by atoms with van der Waals surface area (Å²) in [5.74, 6) is 1.77. The number of hydrogen-bond acceptors (Lipinski definition) is 3. The Kier molecular flexibility index (Phi) is 10.7. The molecule has 11 aromatic rings. The first kappa shape index (κ1) is 40.3. The van der Waals surface area contributed by atoms with Crippen molar-refractivity contribution in [2.24, 2.45) is 0 Å². The van der Waals surface area contributed by atoms with Gasteiger partial charge in [0, 0.05) is 21.9 Å². The number of rotatable bonds is 10. The van der Waals surface area contributed by atoms with Crippen LogP contribution in [0.2, 0.25) is 0 Å². The van der Waals surface area contributed by atoms with Crippen LogP contribution in [0, 0.1) is 0 Å². The molecule has 314 valence electrons. The lowest BCUT2D eigenvalue weighted by Gasteiger charge is -2.13. The average Bonchev–Trinajstić information content (AvgIpc) is 3.40. The predicted molar refractivity (Wildman–Crippen MR) is 276 cm³/mol. The number of hydrogen-bond donors (Lipinski definition) is 0. The quantitative estimate of drug-likeness (QED) is 0.137. The number of ether oxygens (including phenoxy) is 2. The van der Waals surface area contributed by atoms with Crippen LogP contribution in [-0.4, -0.2) is 19.2 Å². The highest BCUT2D eigenvalue weighted by Gasteiger charge is 2.14. The van der Waals surface area contributed by atoms with E-state index in [0.29, 0.717) is 0 Å². The second kappa shape index (κ2) is 17.6. The molecule has 3 nitrogen and oxygen atoms in total. The van der Waals surface area contributed by atoms with Gasteiger partial charge in [0.15, 0.2) is 0 Å². The fourth-order valence-electron chi connectivity index (χ4n) is 9.23. The van der Waals surface area contributed by atoms with E-state index in [1.807, 2.05) is 0 Å². The fraction of sp³-hybridized carbons (Fsp3) is 0.0317. The smallest absolute Gasteiger partial charge is 0.126 e. The van der Waals surface area contributed by atoms with Crippen LogP contribution >= 0.6 is 0 Å². The molecule has 3 heteroatoms. The number of benzene rings is 10. The van der Waals surface area contributed by atoms with Crippen molar-refractivity contribution in [2.75, 3.05) is 14.2 Å². The van der Waals surface area contributed by atoms with Gasteiger partial charge >= 0.3 is 0 Å². The van der Waals surface area contributed by atoms with Crippen LogP contribution in [0.1, 0.15) is 0 Å². The fourth-order valence-corrected chi connectivity index (χ4v) is 9.23. The zero-order chi connectivity index (χ0) is 44.4. The van der Waals surface area contributed by atoms with Crippen molar-refractivity contribution in [3.8, 4) is 101 Å². The number of aromatic nitrogens is 1. The van der Waals surface area contributed by atoms with Gasteiger partial charge in [0.05, 0.1) is 25.6 Å². The Morgan fingerprint density at radius 1 is 0.242 bits per heavy atom.